The molecule has 47 valence electrons. The third kappa shape index (κ3) is 1.80. The third-order valence-corrected chi connectivity index (χ3v) is 2.36. The van der Waals surface area contributed by atoms with Crippen LogP contribution in [0.5, 0.6) is 0 Å². The summed E-state index contributed by atoms with van der Waals surface area (Å²) in [6.45, 7) is 2.01. The van der Waals surface area contributed by atoms with E-state index in [1.165, 1.54) is 0 Å². The van der Waals surface area contributed by atoms with Crippen molar-refractivity contribution in [2.24, 2.45) is 0 Å². The zero-order valence-corrected chi connectivity index (χ0v) is 8.08. The molecule has 0 N–H and O–H groups in total. The lowest BCUT2D eigenvalue weighted by atomic mass is 10.2. The van der Waals surface area contributed by atoms with Crippen molar-refractivity contribution in [1.29, 1.82) is 0 Å². The second kappa shape index (κ2) is 2.84. The molecular formula is C7H5Br2. The molecule has 0 spiro atoms. The van der Waals surface area contributed by atoms with Gasteiger partial charge in [0, 0.05) is 15.0 Å². The van der Waals surface area contributed by atoms with Crippen molar-refractivity contribution in [3.05, 3.63) is 32.7 Å². The molecule has 0 unspecified atom stereocenters. The Labute approximate surface area is 71.5 Å². The maximum atomic E-state index is 3.38. The van der Waals surface area contributed by atoms with Crippen molar-refractivity contribution in [3.8, 4) is 0 Å². The minimum Gasteiger partial charge on any atom is -0.0505 e. The maximum absolute atomic E-state index is 3.38. The van der Waals surface area contributed by atoms with E-state index in [1.807, 2.05) is 19.1 Å². The van der Waals surface area contributed by atoms with Gasteiger partial charge in [0.05, 0.1) is 0 Å². The highest BCUT2D eigenvalue weighted by Crippen LogP contribution is 2.19. The van der Waals surface area contributed by atoms with Crippen LogP contribution in [0.25, 0.3) is 0 Å². The molecule has 0 aliphatic rings. The van der Waals surface area contributed by atoms with Crippen LogP contribution in [0.15, 0.2) is 21.1 Å². The summed E-state index contributed by atoms with van der Waals surface area (Å²) >= 11 is 6.70. The number of hydrogen-bond acceptors (Lipinski definition) is 0. The van der Waals surface area contributed by atoms with Gasteiger partial charge in [-0.2, -0.15) is 0 Å². The lowest BCUT2D eigenvalue weighted by Gasteiger charge is -1.94. The van der Waals surface area contributed by atoms with Crippen molar-refractivity contribution in [3.63, 3.8) is 0 Å². The molecule has 0 nitrogen and oxygen atoms in total. The van der Waals surface area contributed by atoms with Gasteiger partial charge >= 0.3 is 0 Å². The Kier molecular flexibility index (Phi) is 2.30. The summed E-state index contributed by atoms with van der Waals surface area (Å²) in [4.78, 5) is 0. The van der Waals surface area contributed by atoms with Crippen LogP contribution in [0.4, 0.5) is 0 Å². The second-order valence-electron chi connectivity index (χ2n) is 1.78. The molecule has 0 aliphatic heterocycles. The lowest BCUT2D eigenvalue weighted by molar-refractivity contribution is 1.40. The largest absolute Gasteiger partial charge is 0.0505 e. The fourth-order valence-corrected chi connectivity index (χ4v) is 1.21. The van der Waals surface area contributed by atoms with Gasteiger partial charge in [-0.05, 0) is 24.6 Å². The van der Waals surface area contributed by atoms with E-state index in [4.69, 9.17) is 0 Å². The average molecular weight is 249 g/mol. The molecule has 0 saturated carbocycles. The summed E-state index contributed by atoms with van der Waals surface area (Å²) < 4.78 is 2.11. The Balaban J connectivity index is 3.17. The normalized spacial score (nSPS) is 9.67. The van der Waals surface area contributed by atoms with Crippen molar-refractivity contribution in [2.75, 3.05) is 0 Å². The number of hydrogen-bond donors (Lipinski definition) is 0. The Morgan fingerprint density at radius 2 is 2.00 bits per heavy atom. The Morgan fingerprint density at radius 1 is 1.33 bits per heavy atom. The first-order valence-corrected chi connectivity index (χ1v) is 4.12. The fraction of sp³-hybridized carbons (Fsp3) is 0.143. The Bertz CT molecular complexity index is 218. The number of aryl methyl sites for hydroxylation is 1. The second-order valence-corrected chi connectivity index (χ2v) is 3.49. The highest BCUT2D eigenvalue weighted by molar-refractivity contribution is 9.11. The molecule has 1 radical (unpaired) electrons. The van der Waals surface area contributed by atoms with Crippen LogP contribution < -0.4 is 0 Å². The molecule has 0 heterocycles. The van der Waals surface area contributed by atoms with Crippen molar-refractivity contribution in [2.45, 2.75) is 6.92 Å². The standard InChI is InChI=1S/C7H5Br2/c1-5-4-6(8)2-3-7(5)9/h2-3H,1H3. The molecular weight excluding hydrogens is 244 g/mol. The molecule has 0 aromatic heterocycles. The van der Waals surface area contributed by atoms with Crippen LogP contribution in [-0.2, 0) is 0 Å². The van der Waals surface area contributed by atoms with Gasteiger partial charge < -0.3 is 0 Å². The molecule has 0 atom stereocenters. The molecule has 0 amide bonds. The van der Waals surface area contributed by atoms with E-state index in [9.17, 15) is 0 Å². The first-order valence-electron chi connectivity index (χ1n) is 2.54. The van der Waals surface area contributed by atoms with Gasteiger partial charge in [-0.25, -0.2) is 0 Å². The molecule has 0 aliphatic carbocycles. The van der Waals surface area contributed by atoms with Crippen molar-refractivity contribution < 1.29 is 0 Å². The van der Waals surface area contributed by atoms with Gasteiger partial charge in [0.15, 0.2) is 0 Å². The minimum atomic E-state index is 1.00. The topological polar surface area (TPSA) is 0 Å². The van der Waals surface area contributed by atoms with Gasteiger partial charge in [0.25, 0.3) is 0 Å². The summed E-state index contributed by atoms with van der Waals surface area (Å²) in [6.07, 6.45) is 0. The van der Waals surface area contributed by atoms with E-state index in [0.717, 1.165) is 14.5 Å². The summed E-state index contributed by atoms with van der Waals surface area (Å²) in [6, 6.07) is 7.06. The number of halogens is 2. The summed E-state index contributed by atoms with van der Waals surface area (Å²) in [5.41, 5.74) is 1.13. The quantitative estimate of drug-likeness (QED) is 0.661. The number of benzene rings is 1. The smallest absolute Gasteiger partial charge is 0.0257 e. The highest BCUT2D eigenvalue weighted by atomic mass is 79.9. The van der Waals surface area contributed by atoms with Crippen LogP contribution in [0.3, 0.4) is 0 Å². The summed E-state index contributed by atoms with van der Waals surface area (Å²) in [5, 5.41) is 0. The zero-order valence-electron chi connectivity index (χ0n) is 4.91. The van der Waals surface area contributed by atoms with E-state index >= 15 is 0 Å². The summed E-state index contributed by atoms with van der Waals surface area (Å²) in [7, 11) is 0. The van der Waals surface area contributed by atoms with E-state index in [2.05, 4.69) is 37.9 Å². The first-order chi connectivity index (χ1) is 4.20. The molecule has 2 heteroatoms. The van der Waals surface area contributed by atoms with Gasteiger partial charge in [-0.3, -0.25) is 0 Å². The van der Waals surface area contributed by atoms with Crippen molar-refractivity contribution in [1.82, 2.24) is 0 Å². The lowest BCUT2D eigenvalue weighted by Crippen LogP contribution is -1.73. The van der Waals surface area contributed by atoms with Gasteiger partial charge in [0.2, 0.25) is 0 Å². The SMILES string of the molecule is Cc1[c]c(Br)ccc1Br. The van der Waals surface area contributed by atoms with E-state index < -0.39 is 0 Å². The zero-order chi connectivity index (χ0) is 6.85. The Hall–Kier alpha value is 0.180. The molecule has 1 rings (SSSR count). The first kappa shape index (κ1) is 7.29. The molecule has 0 bridgehead atoms. The van der Waals surface area contributed by atoms with Crippen molar-refractivity contribution >= 4 is 31.9 Å². The van der Waals surface area contributed by atoms with Gasteiger partial charge in [-0.1, -0.05) is 31.9 Å². The molecule has 0 saturated heterocycles. The predicted octanol–water partition coefficient (Wildman–Crippen LogP) is 3.32. The maximum Gasteiger partial charge on any atom is 0.0257 e. The Morgan fingerprint density at radius 3 is 2.44 bits per heavy atom. The van der Waals surface area contributed by atoms with Gasteiger partial charge in [-0.15, -0.1) is 0 Å². The van der Waals surface area contributed by atoms with E-state index in [-0.39, 0.29) is 0 Å². The van der Waals surface area contributed by atoms with Gasteiger partial charge in [0.1, 0.15) is 0 Å². The average Bonchev–Trinajstić information content (AvgIpc) is 1.80. The third-order valence-electron chi connectivity index (χ3n) is 1.04. The molecule has 1 aromatic carbocycles. The van der Waals surface area contributed by atoms with Crippen LogP contribution in [0.2, 0.25) is 0 Å². The minimum absolute atomic E-state index is 1.00. The van der Waals surface area contributed by atoms with E-state index in [1.54, 1.807) is 0 Å². The fourth-order valence-electron chi connectivity index (χ4n) is 0.552. The molecule has 1 aromatic rings. The number of rotatable bonds is 0. The van der Waals surface area contributed by atoms with E-state index in [0.29, 0.717) is 0 Å². The summed E-state index contributed by atoms with van der Waals surface area (Å²) in [5.74, 6) is 0. The van der Waals surface area contributed by atoms with Crippen LogP contribution in [0.1, 0.15) is 5.56 Å². The van der Waals surface area contributed by atoms with Crippen LogP contribution in [0, 0.1) is 13.0 Å². The molecule has 9 heavy (non-hydrogen) atoms. The predicted molar refractivity (Wildman–Crippen MR) is 45.4 cm³/mol. The molecule has 0 fully saturated rings. The highest BCUT2D eigenvalue weighted by Gasteiger charge is 1.92. The monoisotopic (exact) mass is 247 g/mol. The van der Waals surface area contributed by atoms with Crippen LogP contribution >= 0.6 is 31.9 Å². The van der Waals surface area contributed by atoms with Crippen LogP contribution in [-0.4, -0.2) is 0 Å².